The Bertz CT molecular complexity index is 641. The second kappa shape index (κ2) is 5.36. The largest absolute Gasteiger partial charge is 0.455 e. The summed E-state index contributed by atoms with van der Waals surface area (Å²) in [5, 5.41) is 0. The van der Waals surface area contributed by atoms with E-state index in [1.54, 1.807) is 25.1 Å². The molecule has 0 amide bonds. The maximum absolute atomic E-state index is 13.0. The first kappa shape index (κ1) is 14.7. The lowest BCUT2D eigenvalue weighted by atomic mass is 10.2. The molecule has 0 heterocycles. The summed E-state index contributed by atoms with van der Waals surface area (Å²) in [5.41, 5.74) is 5.99. The van der Waals surface area contributed by atoms with Crippen molar-refractivity contribution in [1.82, 2.24) is 0 Å². The van der Waals surface area contributed by atoms with Gasteiger partial charge in [0.25, 0.3) is 0 Å². The molecule has 0 radical (unpaired) electrons. The maximum atomic E-state index is 13.0. The van der Waals surface area contributed by atoms with Crippen molar-refractivity contribution in [2.24, 2.45) is 0 Å². The van der Waals surface area contributed by atoms with Crippen molar-refractivity contribution in [2.75, 3.05) is 5.73 Å². The van der Waals surface area contributed by atoms with Crippen LogP contribution in [0.25, 0.3) is 0 Å². The highest BCUT2D eigenvalue weighted by Crippen LogP contribution is 2.40. The van der Waals surface area contributed by atoms with Gasteiger partial charge < -0.3 is 10.5 Å². The van der Waals surface area contributed by atoms with Gasteiger partial charge in [0.1, 0.15) is 5.75 Å². The summed E-state index contributed by atoms with van der Waals surface area (Å²) < 4.78 is 44.6. The average molecular weight is 346 g/mol. The Morgan fingerprint density at radius 2 is 1.75 bits per heavy atom. The van der Waals surface area contributed by atoms with Crippen LogP contribution in [-0.4, -0.2) is 0 Å². The van der Waals surface area contributed by atoms with Gasteiger partial charge in [0.15, 0.2) is 5.75 Å². The number of hydrogen-bond donors (Lipinski definition) is 1. The predicted molar refractivity (Wildman–Crippen MR) is 74.8 cm³/mol. The van der Waals surface area contributed by atoms with Crippen LogP contribution in [0, 0.1) is 6.92 Å². The Morgan fingerprint density at radius 1 is 1.05 bits per heavy atom. The molecule has 0 saturated heterocycles. The normalized spacial score (nSPS) is 11.4. The summed E-state index contributed by atoms with van der Waals surface area (Å²) in [6, 6.07) is 8.66. The maximum Gasteiger partial charge on any atom is 0.420 e. The van der Waals surface area contributed by atoms with E-state index in [4.69, 9.17) is 10.5 Å². The first-order valence-corrected chi connectivity index (χ1v) is 6.47. The van der Waals surface area contributed by atoms with E-state index in [0.717, 1.165) is 11.6 Å². The molecule has 2 rings (SSSR count). The molecule has 2 aromatic rings. The van der Waals surface area contributed by atoms with E-state index in [1.807, 2.05) is 0 Å². The lowest BCUT2D eigenvalue weighted by Gasteiger charge is -2.15. The Kier molecular flexibility index (Phi) is 3.94. The summed E-state index contributed by atoms with van der Waals surface area (Å²) in [5.74, 6) is -0.0733. The topological polar surface area (TPSA) is 35.2 Å². The fourth-order valence-electron chi connectivity index (χ4n) is 1.66. The number of nitrogens with two attached hydrogens (primary N) is 1. The molecular formula is C14H11BrF3NO. The van der Waals surface area contributed by atoms with Crippen molar-refractivity contribution >= 4 is 21.6 Å². The molecule has 0 atom stereocenters. The molecule has 2 N–H and O–H groups in total. The number of alkyl halides is 3. The van der Waals surface area contributed by atoms with Gasteiger partial charge in [0, 0.05) is 4.47 Å². The van der Waals surface area contributed by atoms with Crippen LogP contribution in [0.4, 0.5) is 18.9 Å². The predicted octanol–water partition coefficient (Wildman–Crippen LogP) is 5.15. The fraction of sp³-hybridized carbons (Fsp3) is 0.143. The summed E-state index contributed by atoms with van der Waals surface area (Å²) in [6.07, 6.45) is -4.50. The van der Waals surface area contributed by atoms with Crippen LogP contribution in [0.2, 0.25) is 0 Å². The van der Waals surface area contributed by atoms with Crippen LogP contribution in [0.3, 0.4) is 0 Å². The number of aryl methyl sites for hydroxylation is 1. The van der Waals surface area contributed by atoms with Crippen molar-refractivity contribution in [1.29, 1.82) is 0 Å². The van der Waals surface area contributed by atoms with E-state index in [1.165, 1.54) is 12.1 Å². The number of rotatable bonds is 2. The van der Waals surface area contributed by atoms with Gasteiger partial charge in [-0.3, -0.25) is 0 Å². The Morgan fingerprint density at radius 3 is 2.40 bits per heavy atom. The highest BCUT2D eigenvalue weighted by Gasteiger charge is 2.34. The molecular weight excluding hydrogens is 335 g/mol. The van der Waals surface area contributed by atoms with Crippen LogP contribution in [0.5, 0.6) is 11.5 Å². The molecule has 0 aliphatic rings. The number of benzene rings is 2. The zero-order chi connectivity index (χ0) is 14.9. The molecule has 0 aromatic heterocycles. The number of ether oxygens (including phenoxy) is 1. The Hall–Kier alpha value is -1.69. The third-order valence-corrected chi connectivity index (χ3v) is 3.13. The van der Waals surface area contributed by atoms with Gasteiger partial charge in [-0.05, 0) is 42.8 Å². The average Bonchev–Trinajstić information content (AvgIpc) is 2.34. The second-order valence-corrected chi connectivity index (χ2v) is 5.20. The van der Waals surface area contributed by atoms with E-state index in [2.05, 4.69) is 15.9 Å². The zero-order valence-electron chi connectivity index (χ0n) is 10.5. The summed E-state index contributed by atoms with van der Waals surface area (Å²) in [4.78, 5) is 0. The number of anilines is 1. The highest BCUT2D eigenvalue weighted by atomic mass is 79.9. The zero-order valence-corrected chi connectivity index (χ0v) is 12.0. The van der Waals surface area contributed by atoms with Gasteiger partial charge in [0.05, 0.1) is 11.3 Å². The van der Waals surface area contributed by atoms with Crippen molar-refractivity contribution in [3.8, 4) is 11.5 Å². The van der Waals surface area contributed by atoms with Crippen molar-refractivity contribution in [2.45, 2.75) is 13.1 Å². The highest BCUT2D eigenvalue weighted by molar-refractivity contribution is 9.10. The monoisotopic (exact) mass is 345 g/mol. The molecule has 0 aliphatic heterocycles. The van der Waals surface area contributed by atoms with Gasteiger partial charge in [-0.25, -0.2) is 0 Å². The van der Waals surface area contributed by atoms with Gasteiger partial charge in [0.2, 0.25) is 0 Å². The van der Waals surface area contributed by atoms with Crippen molar-refractivity contribution < 1.29 is 17.9 Å². The van der Waals surface area contributed by atoms with Crippen LogP contribution >= 0.6 is 15.9 Å². The van der Waals surface area contributed by atoms with Gasteiger partial charge in [-0.1, -0.05) is 22.0 Å². The first-order chi connectivity index (χ1) is 9.27. The molecule has 0 fully saturated rings. The molecule has 2 aromatic carbocycles. The van der Waals surface area contributed by atoms with E-state index in [-0.39, 0.29) is 17.2 Å². The van der Waals surface area contributed by atoms with E-state index < -0.39 is 11.7 Å². The summed E-state index contributed by atoms with van der Waals surface area (Å²) in [7, 11) is 0. The summed E-state index contributed by atoms with van der Waals surface area (Å²) in [6.45, 7) is 1.80. The molecule has 0 aliphatic carbocycles. The van der Waals surface area contributed by atoms with Crippen molar-refractivity contribution in [3.05, 3.63) is 52.0 Å². The van der Waals surface area contributed by atoms with E-state index >= 15 is 0 Å². The minimum atomic E-state index is -4.50. The molecule has 2 nitrogen and oxygen atoms in total. The molecule has 0 saturated carbocycles. The molecule has 106 valence electrons. The molecule has 20 heavy (non-hydrogen) atoms. The van der Waals surface area contributed by atoms with Crippen LogP contribution in [-0.2, 0) is 6.18 Å². The van der Waals surface area contributed by atoms with E-state index in [9.17, 15) is 13.2 Å². The molecule has 0 spiro atoms. The second-order valence-electron chi connectivity index (χ2n) is 4.28. The fourth-order valence-corrected chi connectivity index (χ4v) is 2.02. The van der Waals surface area contributed by atoms with Crippen LogP contribution < -0.4 is 10.5 Å². The number of halogens is 4. The van der Waals surface area contributed by atoms with E-state index in [0.29, 0.717) is 4.47 Å². The van der Waals surface area contributed by atoms with Gasteiger partial charge in [-0.2, -0.15) is 13.2 Å². The van der Waals surface area contributed by atoms with Crippen LogP contribution in [0.1, 0.15) is 11.1 Å². The van der Waals surface area contributed by atoms with Gasteiger partial charge in [-0.15, -0.1) is 0 Å². The van der Waals surface area contributed by atoms with Crippen LogP contribution in [0.15, 0.2) is 40.9 Å². The molecule has 0 bridgehead atoms. The Balaban J connectivity index is 2.46. The Labute approximate surface area is 122 Å². The van der Waals surface area contributed by atoms with Crippen molar-refractivity contribution in [3.63, 3.8) is 0 Å². The summed E-state index contributed by atoms with van der Waals surface area (Å²) >= 11 is 3.02. The minimum Gasteiger partial charge on any atom is -0.455 e. The number of hydrogen-bond acceptors (Lipinski definition) is 2. The van der Waals surface area contributed by atoms with Gasteiger partial charge >= 0.3 is 6.18 Å². The number of nitrogen functional groups attached to an aromatic ring is 1. The molecule has 6 heteroatoms. The first-order valence-electron chi connectivity index (χ1n) is 5.68. The molecule has 0 unspecified atom stereocenters. The lowest BCUT2D eigenvalue weighted by Crippen LogP contribution is -2.07. The third kappa shape index (κ3) is 3.25. The quantitative estimate of drug-likeness (QED) is 0.763. The lowest BCUT2D eigenvalue weighted by molar-refractivity contribution is -0.138. The SMILES string of the molecule is Cc1ccc(N)c(Oc2ccc(Br)cc2C(F)(F)F)c1. The third-order valence-electron chi connectivity index (χ3n) is 2.64. The standard InChI is InChI=1S/C14H11BrF3NO/c1-8-2-4-11(19)13(6-8)20-12-5-3-9(15)7-10(12)14(16,17)18/h2-7H,19H2,1H3. The smallest absolute Gasteiger partial charge is 0.420 e. The minimum absolute atomic E-state index is 0.206.